The summed E-state index contributed by atoms with van der Waals surface area (Å²) >= 11 is 0. The summed E-state index contributed by atoms with van der Waals surface area (Å²) in [5.74, 6) is -0.268. The molecule has 2 amide bonds. The number of phenolic OH excluding ortho intramolecular Hbond substituents is 1. The number of anilines is 1. The lowest BCUT2D eigenvalue weighted by Crippen LogP contribution is -2.30. The van der Waals surface area contributed by atoms with Gasteiger partial charge in [-0.15, -0.1) is 0 Å². The van der Waals surface area contributed by atoms with Crippen LogP contribution in [0.25, 0.3) is 0 Å². The second-order valence-corrected chi connectivity index (χ2v) is 4.74. The van der Waals surface area contributed by atoms with E-state index in [2.05, 4.69) is 10.6 Å². The van der Waals surface area contributed by atoms with Crippen LogP contribution in [0.15, 0.2) is 42.5 Å². The second-order valence-electron chi connectivity index (χ2n) is 4.74. The zero-order chi connectivity index (χ0) is 15.2. The Bertz CT molecular complexity index is 644. The van der Waals surface area contributed by atoms with E-state index in [0.29, 0.717) is 24.2 Å². The summed E-state index contributed by atoms with van der Waals surface area (Å²) in [4.78, 5) is 11.7. The van der Waals surface area contributed by atoms with Gasteiger partial charge in [0.05, 0.1) is 5.69 Å². The Hall–Kier alpha value is -2.56. The van der Waals surface area contributed by atoms with Crippen LogP contribution in [0, 0.1) is 12.7 Å². The number of carbonyl (C=O) groups excluding carboxylic acids is 1. The Balaban J connectivity index is 1.84. The van der Waals surface area contributed by atoms with Gasteiger partial charge in [0.1, 0.15) is 11.6 Å². The highest BCUT2D eigenvalue weighted by atomic mass is 19.1. The molecule has 0 heterocycles. The van der Waals surface area contributed by atoms with E-state index in [-0.39, 0.29) is 11.6 Å². The third-order valence-corrected chi connectivity index (χ3v) is 3.04. The minimum Gasteiger partial charge on any atom is -0.506 e. The Kier molecular flexibility index (Phi) is 4.77. The molecule has 2 aromatic rings. The van der Waals surface area contributed by atoms with Crippen molar-refractivity contribution in [2.45, 2.75) is 13.3 Å². The maximum atomic E-state index is 13.4. The van der Waals surface area contributed by atoms with Crippen LogP contribution in [-0.4, -0.2) is 17.7 Å². The average Bonchev–Trinajstić information content (AvgIpc) is 2.44. The van der Waals surface area contributed by atoms with Gasteiger partial charge < -0.3 is 15.7 Å². The normalized spacial score (nSPS) is 10.2. The molecule has 0 saturated carbocycles. The average molecular weight is 288 g/mol. The summed E-state index contributed by atoms with van der Waals surface area (Å²) in [6.45, 7) is 2.15. The van der Waals surface area contributed by atoms with Gasteiger partial charge in [-0.2, -0.15) is 0 Å². The van der Waals surface area contributed by atoms with Crippen molar-refractivity contribution in [3.63, 3.8) is 0 Å². The first-order valence-electron chi connectivity index (χ1n) is 6.64. The number of hydrogen-bond donors (Lipinski definition) is 3. The maximum absolute atomic E-state index is 13.4. The number of aromatic hydroxyl groups is 1. The van der Waals surface area contributed by atoms with E-state index in [1.807, 2.05) is 6.92 Å². The van der Waals surface area contributed by atoms with Crippen molar-refractivity contribution in [3.05, 3.63) is 59.4 Å². The fourth-order valence-corrected chi connectivity index (χ4v) is 1.93. The summed E-state index contributed by atoms with van der Waals surface area (Å²) in [5, 5.41) is 14.9. The van der Waals surface area contributed by atoms with Crippen molar-refractivity contribution in [2.24, 2.45) is 0 Å². The van der Waals surface area contributed by atoms with E-state index in [1.54, 1.807) is 36.4 Å². The van der Waals surface area contributed by atoms with Gasteiger partial charge in [0.15, 0.2) is 0 Å². The zero-order valence-corrected chi connectivity index (χ0v) is 11.7. The van der Waals surface area contributed by atoms with E-state index in [9.17, 15) is 14.3 Å². The SMILES string of the molecule is Cc1ccc(NC(=O)NCCc2ccccc2F)c(O)c1. The highest BCUT2D eigenvalue weighted by molar-refractivity contribution is 5.90. The number of urea groups is 1. The lowest BCUT2D eigenvalue weighted by atomic mass is 10.1. The van der Waals surface area contributed by atoms with Crippen LogP contribution in [0.4, 0.5) is 14.9 Å². The summed E-state index contributed by atoms with van der Waals surface area (Å²) in [7, 11) is 0. The predicted molar refractivity (Wildman–Crippen MR) is 80.0 cm³/mol. The van der Waals surface area contributed by atoms with Crippen LogP contribution in [0.2, 0.25) is 0 Å². The van der Waals surface area contributed by atoms with Crippen molar-refractivity contribution < 1.29 is 14.3 Å². The molecule has 0 aliphatic carbocycles. The number of rotatable bonds is 4. The predicted octanol–water partition coefficient (Wildman–Crippen LogP) is 3.20. The Morgan fingerprint density at radius 3 is 2.71 bits per heavy atom. The van der Waals surface area contributed by atoms with Crippen LogP contribution in [0.5, 0.6) is 5.75 Å². The zero-order valence-electron chi connectivity index (χ0n) is 11.7. The number of carbonyl (C=O) groups is 1. The van der Waals surface area contributed by atoms with Gasteiger partial charge in [0, 0.05) is 6.54 Å². The smallest absolute Gasteiger partial charge is 0.319 e. The molecule has 0 fully saturated rings. The van der Waals surface area contributed by atoms with E-state index >= 15 is 0 Å². The van der Waals surface area contributed by atoms with Crippen LogP contribution in [0.1, 0.15) is 11.1 Å². The Morgan fingerprint density at radius 1 is 1.24 bits per heavy atom. The molecular formula is C16H17FN2O2. The van der Waals surface area contributed by atoms with Gasteiger partial charge in [0.2, 0.25) is 0 Å². The topological polar surface area (TPSA) is 61.4 Å². The van der Waals surface area contributed by atoms with Gasteiger partial charge in [-0.1, -0.05) is 24.3 Å². The number of halogens is 1. The minimum atomic E-state index is -0.439. The molecule has 0 spiro atoms. The monoisotopic (exact) mass is 288 g/mol. The Labute approximate surface area is 122 Å². The number of hydrogen-bond acceptors (Lipinski definition) is 2. The molecule has 3 N–H and O–H groups in total. The van der Waals surface area contributed by atoms with Gasteiger partial charge >= 0.3 is 6.03 Å². The summed E-state index contributed by atoms with van der Waals surface area (Å²) in [5.41, 5.74) is 1.79. The first kappa shape index (κ1) is 14.8. The molecule has 0 atom stereocenters. The van der Waals surface area contributed by atoms with Crippen molar-refractivity contribution in [1.29, 1.82) is 0 Å². The molecule has 0 bridgehead atoms. The third-order valence-electron chi connectivity index (χ3n) is 3.04. The number of phenols is 1. The third kappa shape index (κ3) is 4.21. The molecule has 5 heteroatoms. The second kappa shape index (κ2) is 6.74. The molecule has 0 saturated heterocycles. The highest BCUT2D eigenvalue weighted by Crippen LogP contribution is 2.23. The molecule has 0 aliphatic heterocycles. The summed E-state index contributed by atoms with van der Waals surface area (Å²) in [6, 6.07) is 11.0. The molecule has 21 heavy (non-hydrogen) atoms. The van der Waals surface area contributed by atoms with Crippen molar-refractivity contribution in [1.82, 2.24) is 5.32 Å². The highest BCUT2D eigenvalue weighted by Gasteiger charge is 2.06. The fraction of sp³-hybridized carbons (Fsp3) is 0.188. The van der Waals surface area contributed by atoms with Crippen molar-refractivity contribution in [3.8, 4) is 5.75 Å². The quantitative estimate of drug-likeness (QED) is 0.757. The molecule has 0 unspecified atom stereocenters. The molecule has 4 nitrogen and oxygen atoms in total. The number of aryl methyl sites for hydroxylation is 1. The van der Waals surface area contributed by atoms with Gasteiger partial charge in [-0.05, 0) is 42.7 Å². The molecule has 2 rings (SSSR count). The largest absolute Gasteiger partial charge is 0.506 e. The molecule has 0 aromatic heterocycles. The molecule has 0 radical (unpaired) electrons. The first-order valence-corrected chi connectivity index (χ1v) is 6.64. The van der Waals surface area contributed by atoms with Crippen LogP contribution >= 0.6 is 0 Å². The van der Waals surface area contributed by atoms with Crippen molar-refractivity contribution in [2.75, 3.05) is 11.9 Å². The standard InChI is InChI=1S/C16H17FN2O2/c1-11-6-7-14(15(20)10-11)19-16(21)18-9-8-12-4-2-3-5-13(12)17/h2-7,10,20H,8-9H2,1H3,(H2,18,19,21). The lowest BCUT2D eigenvalue weighted by Gasteiger charge is -2.09. The van der Waals surface area contributed by atoms with E-state index < -0.39 is 6.03 Å². The van der Waals surface area contributed by atoms with Gasteiger partial charge in [-0.25, -0.2) is 9.18 Å². The Morgan fingerprint density at radius 2 is 2.00 bits per heavy atom. The van der Waals surface area contributed by atoms with Crippen LogP contribution in [-0.2, 0) is 6.42 Å². The van der Waals surface area contributed by atoms with E-state index in [1.165, 1.54) is 6.07 Å². The lowest BCUT2D eigenvalue weighted by molar-refractivity contribution is 0.252. The number of benzene rings is 2. The summed E-state index contributed by atoms with van der Waals surface area (Å²) < 4.78 is 13.4. The van der Waals surface area contributed by atoms with Gasteiger partial charge in [-0.3, -0.25) is 0 Å². The summed E-state index contributed by atoms with van der Waals surface area (Å²) in [6.07, 6.45) is 0.403. The van der Waals surface area contributed by atoms with Gasteiger partial charge in [0.25, 0.3) is 0 Å². The molecular weight excluding hydrogens is 271 g/mol. The first-order chi connectivity index (χ1) is 10.1. The van der Waals surface area contributed by atoms with Crippen LogP contribution < -0.4 is 10.6 Å². The minimum absolute atomic E-state index is 0.0132. The molecule has 110 valence electrons. The number of amides is 2. The molecule has 2 aromatic carbocycles. The molecule has 0 aliphatic rings. The van der Waals surface area contributed by atoms with E-state index in [0.717, 1.165) is 5.56 Å². The van der Waals surface area contributed by atoms with Crippen LogP contribution in [0.3, 0.4) is 0 Å². The fourth-order valence-electron chi connectivity index (χ4n) is 1.93. The number of nitrogens with one attached hydrogen (secondary N) is 2. The van der Waals surface area contributed by atoms with E-state index in [4.69, 9.17) is 0 Å². The van der Waals surface area contributed by atoms with Crippen molar-refractivity contribution >= 4 is 11.7 Å². The maximum Gasteiger partial charge on any atom is 0.319 e.